The molecule has 0 N–H and O–H groups in total. The summed E-state index contributed by atoms with van der Waals surface area (Å²) in [4.78, 5) is 0. The minimum Gasteiger partial charge on any atom is -0.772 e. The molecule has 0 aliphatic carbocycles. The fourth-order valence-corrected chi connectivity index (χ4v) is 2.02. The largest absolute Gasteiger partial charge is 0.772 e. The summed E-state index contributed by atoms with van der Waals surface area (Å²) in [5, 5.41) is 0. The summed E-state index contributed by atoms with van der Waals surface area (Å²) >= 11 is -2.10. The van der Waals surface area contributed by atoms with Crippen molar-refractivity contribution < 1.29 is 18.2 Å². The first-order valence-corrected chi connectivity index (χ1v) is 5.37. The molecule has 1 heterocycles. The van der Waals surface area contributed by atoms with E-state index in [0.717, 1.165) is 5.56 Å². The highest BCUT2D eigenvalue weighted by molar-refractivity contribution is 7.78. The molecular formula is C9H9O4S-. The van der Waals surface area contributed by atoms with Gasteiger partial charge in [0.1, 0.15) is 0 Å². The summed E-state index contributed by atoms with van der Waals surface area (Å²) in [6.45, 7) is 2.02. The molecule has 1 aromatic carbocycles. The van der Waals surface area contributed by atoms with Crippen molar-refractivity contribution in [3.8, 4) is 11.5 Å². The highest BCUT2D eigenvalue weighted by Crippen LogP contribution is 2.37. The average molecular weight is 213 g/mol. The van der Waals surface area contributed by atoms with Crippen LogP contribution in [-0.2, 0) is 16.8 Å². The predicted molar refractivity (Wildman–Crippen MR) is 49.9 cm³/mol. The van der Waals surface area contributed by atoms with Gasteiger partial charge in [-0.15, -0.1) is 0 Å². The zero-order valence-electron chi connectivity index (χ0n) is 7.61. The maximum Gasteiger partial charge on any atom is 0.231 e. The lowest BCUT2D eigenvalue weighted by molar-refractivity contribution is 0.173. The molecule has 0 bridgehead atoms. The van der Waals surface area contributed by atoms with Crippen LogP contribution in [0.25, 0.3) is 0 Å². The average Bonchev–Trinajstić information content (AvgIpc) is 2.57. The van der Waals surface area contributed by atoms with Gasteiger partial charge in [0.05, 0.1) is 0 Å². The first-order chi connectivity index (χ1) is 6.68. The number of aryl methyl sites for hydroxylation is 1. The van der Waals surface area contributed by atoms with Crippen molar-refractivity contribution >= 4 is 11.1 Å². The Hall–Kier alpha value is -1.07. The van der Waals surface area contributed by atoms with E-state index in [0.29, 0.717) is 17.1 Å². The third-order valence-corrected chi connectivity index (χ3v) is 2.66. The molecule has 14 heavy (non-hydrogen) atoms. The van der Waals surface area contributed by atoms with Gasteiger partial charge in [0.15, 0.2) is 11.5 Å². The van der Waals surface area contributed by atoms with Gasteiger partial charge in [-0.1, -0.05) is 17.1 Å². The van der Waals surface area contributed by atoms with Gasteiger partial charge in [-0.05, 0) is 18.6 Å². The van der Waals surface area contributed by atoms with E-state index in [4.69, 9.17) is 9.47 Å². The van der Waals surface area contributed by atoms with Crippen LogP contribution in [0.2, 0.25) is 0 Å². The molecule has 0 amide bonds. The summed E-state index contributed by atoms with van der Waals surface area (Å²) in [5.41, 5.74) is 1.59. The van der Waals surface area contributed by atoms with Gasteiger partial charge in [0.25, 0.3) is 0 Å². The van der Waals surface area contributed by atoms with Crippen LogP contribution >= 0.6 is 0 Å². The van der Waals surface area contributed by atoms with E-state index >= 15 is 0 Å². The number of hydrogen-bond donors (Lipinski definition) is 0. The topological polar surface area (TPSA) is 58.6 Å². The van der Waals surface area contributed by atoms with Crippen molar-refractivity contribution in [2.45, 2.75) is 12.7 Å². The van der Waals surface area contributed by atoms with Crippen molar-refractivity contribution in [1.29, 1.82) is 0 Å². The second kappa shape index (κ2) is 3.59. The Morgan fingerprint density at radius 2 is 2.29 bits per heavy atom. The maximum absolute atomic E-state index is 10.6. The molecule has 0 spiro atoms. The number of ether oxygens (including phenoxy) is 2. The quantitative estimate of drug-likeness (QED) is 0.690. The molecule has 1 aromatic rings. The van der Waals surface area contributed by atoms with Crippen LogP contribution in [0, 0.1) is 6.92 Å². The number of benzene rings is 1. The Bertz CT molecular complexity index is 389. The molecular weight excluding hydrogens is 204 g/mol. The van der Waals surface area contributed by atoms with Crippen LogP contribution in [0.5, 0.6) is 11.5 Å². The van der Waals surface area contributed by atoms with Gasteiger partial charge in [-0.25, -0.2) is 0 Å². The molecule has 4 nitrogen and oxygen atoms in total. The predicted octanol–water partition coefficient (Wildman–Crippen LogP) is 1.10. The standard InChI is InChI=1S/C9H10O4S/c1-6-2-3-8-9(13-5-12-8)7(6)4-14(10)11/h2-3H,4-5H2,1H3,(H,10,11)/p-1. The molecule has 0 saturated carbocycles. The van der Waals surface area contributed by atoms with Crippen molar-refractivity contribution in [2.24, 2.45) is 0 Å². The third-order valence-electron chi connectivity index (χ3n) is 2.14. The number of hydrogen-bond acceptors (Lipinski definition) is 4. The van der Waals surface area contributed by atoms with E-state index in [-0.39, 0.29) is 12.5 Å². The first-order valence-electron chi connectivity index (χ1n) is 4.12. The summed E-state index contributed by atoms with van der Waals surface area (Å²) in [6.07, 6.45) is 0. The molecule has 0 saturated heterocycles. The van der Waals surface area contributed by atoms with E-state index in [9.17, 15) is 8.76 Å². The van der Waals surface area contributed by atoms with Gasteiger partial charge in [-0.3, -0.25) is 4.21 Å². The molecule has 1 unspecified atom stereocenters. The van der Waals surface area contributed by atoms with Gasteiger partial charge < -0.3 is 14.0 Å². The fraction of sp³-hybridized carbons (Fsp3) is 0.333. The highest BCUT2D eigenvalue weighted by atomic mass is 32.2. The molecule has 0 aromatic heterocycles. The molecule has 1 aliphatic rings. The maximum atomic E-state index is 10.6. The Balaban J connectivity index is 2.46. The van der Waals surface area contributed by atoms with E-state index < -0.39 is 11.1 Å². The first kappa shape index (κ1) is 9.48. The zero-order valence-corrected chi connectivity index (χ0v) is 8.43. The van der Waals surface area contributed by atoms with E-state index in [1.54, 1.807) is 6.07 Å². The highest BCUT2D eigenvalue weighted by Gasteiger charge is 2.18. The molecule has 1 aliphatic heterocycles. The smallest absolute Gasteiger partial charge is 0.231 e. The zero-order chi connectivity index (χ0) is 10.1. The van der Waals surface area contributed by atoms with Crippen molar-refractivity contribution in [3.63, 3.8) is 0 Å². The van der Waals surface area contributed by atoms with E-state index in [1.807, 2.05) is 13.0 Å². The van der Waals surface area contributed by atoms with Gasteiger partial charge in [0.2, 0.25) is 6.79 Å². The SMILES string of the molecule is Cc1ccc2c(c1CS(=O)[O-])OCO2. The van der Waals surface area contributed by atoms with E-state index in [2.05, 4.69) is 0 Å². The molecule has 76 valence electrons. The lowest BCUT2D eigenvalue weighted by Gasteiger charge is -2.10. The lowest BCUT2D eigenvalue weighted by atomic mass is 10.1. The summed E-state index contributed by atoms with van der Waals surface area (Å²) in [5.74, 6) is 1.16. The molecule has 0 fully saturated rings. The monoisotopic (exact) mass is 213 g/mol. The summed E-state index contributed by atoms with van der Waals surface area (Å²) < 4.78 is 31.6. The molecule has 2 rings (SSSR count). The Labute approximate surface area is 84.1 Å². The van der Waals surface area contributed by atoms with Gasteiger partial charge >= 0.3 is 0 Å². The van der Waals surface area contributed by atoms with Crippen LogP contribution < -0.4 is 9.47 Å². The Kier molecular flexibility index (Phi) is 2.43. The van der Waals surface area contributed by atoms with Crippen molar-refractivity contribution in [3.05, 3.63) is 23.3 Å². The Morgan fingerprint density at radius 3 is 3.00 bits per heavy atom. The molecule has 0 radical (unpaired) electrons. The second-order valence-corrected chi connectivity index (χ2v) is 3.94. The fourth-order valence-electron chi connectivity index (χ4n) is 1.43. The minimum absolute atomic E-state index is 0.0294. The number of fused-ring (bicyclic) bond motifs is 1. The van der Waals surface area contributed by atoms with Crippen LogP contribution in [0.15, 0.2) is 12.1 Å². The van der Waals surface area contributed by atoms with Crippen LogP contribution in [0.4, 0.5) is 0 Å². The van der Waals surface area contributed by atoms with Gasteiger partial charge in [-0.2, -0.15) is 0 Å². The van der Waals surface area contributed by atoms with Crippen LogP contribution in [0.1, 0.15) is 11.1 Å². The van der Waals surface area contributed by atoms with E-state index in [1.165, 1.54) is 0 Å². The third kappa shape index (κ3) is 1.60. The molecule has 5 heteroatoms. The second-order valence-electron chi connectivity index (χ2n) is 3.04. The number of rotatable bonds is 2. The normalized spacial score (nSPS) is 15.6. The summed E-state index contributed by atoms with van der Waals surface area (Å²) in [7, 11) is 0. The lowest BCUT2D eigenvalue weighted by Crippen LogP contribution is -1.99. The van der Waals surface area contributed by atoms with Crippen molar-refractivity contribution in [1.82, 2.24) is 0 Å². The Morgan fingerprint density at radius 1 is 1.50 bits per heavy atom. The van der Waals surface area contributed by atoms with Crippen LogP contribution in [0.3, 0.4) is 0 Å². The van der Waals surface area contributed by atoms with Crippen molar-refractivity contribution in [2.75, 3.05) is 6.79 Å². The minimum atomic E-state index is -2.10. The van der Waals surface area contributed by atoms with Gasteiger partial charge in [0, 0.05) is 11.3 Å². The summed E-state index contributed by atoms with van der Waals surface area (Å²) in [6, 6.07) is 3.62. The van der Waals surface area contributed by atoms with Crippen LogP contribution in [-0.4, -0.2) is 15.6 Å². The molecule has 1 atom stereocenters.